The second-order valence-corrected chi connectivity index (χ2v) is 12.3. The zero-order valence-electron chi connectivity index (χ0n) is 27.1. The zero-order chi connectivity index (χ0) is 33.7. The lowest BCUT2D eigenvalue weighted by Crippen LogP contribution is -2.58. The van der Waals surface area contributed by atoms with Crippen molar-refractivity contribution >= 4 is 12.2 Å². The summed E-state index contributed by atoms with van der Waals surface area (Å²) in [7, 11) is 6.80. The number of benzene rings is 2. The summed E-state index contributed by atoms with van der Waals surface area (Å²) in [4.78, 5) is 23.5. The molecule has 2 amide bonds. The summed E-state index contributed by atoms with van der Waals surface area (Å²) in [6, 6.07) is 15.2. The molecular formula is C31H50N4O10+2. The number of aliphatic hydroxyl groups excluding tert-OH is 4. The highest BCUT2D eigenvalue weighted by molar-refractivity contribution is 5.66. The van der Waals surface area contributed by atoms with Crippen LogP contribution in [0.5, 0.6) is 11.5 Å². The van der Waals surface area contributed by atoms with Crippen LogP contribution in [0, 0.1) is 0 Å². The monoisotopic (exact) mass is 638 g/mol. The fraction of sp³-hybridized carbons (Fsp3) is 0.548. The molecule has 0 bridgehead atoms. The van der Waals surface area contributed by atoms with Gasteiger partial charge in [0.15, 0.2) is 0 Å². The van der Waals surface area contributed by atoms with Crippen molar-refractivity contribution in [2.75, 3.05) is 80.9 Å². The van der Waals surface area contributed by atoms with E-state index in [-0.39, 0.29) is 67.3 Å². The summed E-state index contributed by atoms with van der Waals surface area (Å²) in [5.74, 6) is 1.19. The number of nitrogens with one attached hydrogen (secondary N) is 2. The summed E-state index contributed by atoms with van der Waals surface area (Å²) in [6.45, 7) is 3.85. The highest BCUT2D eigenvalue weighted by atomic mass is 16.6. The van der Waals surface area contributed by atoms with E-state index >= 15 is 0 Å². The number of carbonyl (C=O) groups is 2. The largest absolute Gasteiger partial charge is 0.491 e. The predicted octanol–water partition coefficient (Wildman–Crippen LogP) is 0.912. The third-order valence-electron chi connectivity index (χ3n) is 6.81. The van der Waals surface area contributed by atoms with Gasteiger partial charge in [-0.3, -0.25) is 0 Å². The van der Waals surface area contributed by atoms with Crippen molar-refractivity contribution in [2.45, 2.75) is 31.5 Å². The maximum atomic E-state index is 11.7. The van der Waals surface area contributed by atoms with Crippen LogP contribution in [0.1, 0.15) is 25.0 Å². The minimum atomic E-state index is -0.862. The van der Waals surface area contributed by atoms with E-state index in [9.17, 15) is 19.8 Å². The molecule has 0 aromatic heterocycles. The van der Waals surface area contributed by atoms with Crippen LogP contribution in [0.4, 0.5) is 9.59 Å². The SMILES string of the molecule is CC(C)(c1ccc(OCC(O)C[N+](C)(C)NC(=O)OCCO)cc1)c1ccc(OCC(O)C[N+](C)(C)NC(=O)OCCO)cc1. The number of aliphatic hydroxyl groups is 4. The lowest BCUT2D eigenvalue weighted by atomic mass is 9.78. The van der Waals surface area contributed by atoms with Crippen LogP contribution >= 0.6 is 0 Å². The predicted molar refractivity (Wildman–Crippen MR) is 165 cm³/mol. The van der Waals surface area contributed by atoms with E-state index in [0.717, 1.165) is 11.1 Å². The molecule has 0 fully saturated rings. The molecule has 2 aromatic carbocycles. The Labute approximate surface area is 264 Å². The molecule has 45 heavy (non-hydrogen) atoms. The van der Waals surface area contributed by atoms with Crippen LogP contribution in [0.2, 0.25) is 0 Å². The smallest absolute Gasteiger partial charge is 0.451 e. The van der Waals surface area contributed by atoms with Gasteiger partial charge in [0, 0.05) is 5.41 Å². The second kappa shape index (κ2) is 17.1. The van der Waals surface area contributed by atoms with Gasteiger partial charge < -0.3 is 39.4 Å². The Hall–Kier alpha value is -3.66. The maximum absolute atomic E-state index is 11.7. The average molecular weight is 639 g/mol. The van der Waals surface area contributed by atoms with E-state index in [2.05, 4.69) is 24.7 Å². The van der Waals surface area contributed by atoms with Gasteiger partial charge in [-0.2, -0.15) is 10.9 Å². The van der Waals surface area contributed by atoms with E-state index in [4.69, 9.17) is 29.2 Å². The molecule has 0 aliphatic carbocycles. The fourth-order valence-electron chi connectivity index (χ4n) is 4.57. The molecule has 14 nitrogen and oxygen atoms in total. The molecule has 2 atom stereocenters. The lowest BCUT2D eigenvalue weighted by molar-refractivity contribution is -0.928. The number of ether oxygens (including phenoxy) is 4. The van der Waals surface area contributed by atoms with Gasteiger partial charge in [0.1, 0.15) is 63.2 Å². The van der Waals surface area contributed by atoms with Crippen molar-refractivity contribution in [1.29, 1.82) is 0 Å². The summed E-state index contributed by atoms with van der Waals surface area (Å²) >= 11 is 0. The normalized spacial score (nSPS) is 13.4. The molecule has 2 aromatic rings. The number of hydrogen-bond donors (Lipinski definition) is 6. The quantitative estimate of drug-likeness (QED) is 0.102. The number of quaternary nitrogens is 2. The van der Waals surface area contributed by atoms with Crippen LogP contribution in [0.15, 0.2) is 48.5 Å². The molecule has 2 rings (SSSR count). The summed E-state index contributed by atoms with van der Waals surface area (Å²) in [6.07, 6.45) is -3.10. The Morgan fingerprint density at radius 3 is 1.33 bits per heavy atom. The van der Waals surface area contributed by atoms with Crippen molar-refractivity contribution in [2.24, 2.45) is 0 Å². The van der Waals surface area contributed by atoms with Gasteiger partial charge in [0.05, 0.1) is 41.4 Å². The van der Waals surface area contributed by atoms with Gasteiger partial charge in [0.2, 0.25) is 0 Å². The molecule has 0 aliphatic heterocycles. The summed E-state index contributed by atoms with van der Waals surface area (Å²) < 4.78 is 21.1. The Morgan fingerprint density at radius 2 is 1.02 bits per heavy atom. The standard InChI is InChI=1S/C31H48N4O10/c1-31(2,23-7-11-27(12-8-23)44-21-25(38)19-34(3,4)32-29(40)42-17-15-36)24-9-13-28(14-10-24)45-22-26(39)20-35(5,6)33-30(41)43-18-16-37/h7-14,25-26,36-39H,15-22H2,1-6H3/p+2. The first-order valence-electron chi connectivity index (χ1n) is 14.7. The Morgan fingerprint density at radius 1 is 0.689 bits per heavy atom. The molecule has 14 heteroatoms. The van der Waals surface area contributed by atoms with Gasteiger partial charge in [-0.25, -0.2) is 18.8 Å². The number of likely N-dealkylation sites (N-methyl/N-ethyl adjacent to an activating group) is 2. The molecule has 0 aliphatic rings. The Kier molecular flexibility index (Phi) is 14.3. The third-order valence-corrected chi connectivity index (χ3v) is 6.81. The van der Waals surface area contributed by atoms with E-state index < -0.39 is 24.4 Å². The first-order valence-corrected chi connectivity index (χ1v) is 14.7. The zero-order valence-corrected chi connectivity index (χ0v) is 27.1. The number of nitrogens with zero attached hydrogens (tertiary/aromatic N) is 2. The Balaban J connectivity index is 1.87. The minimum absolute atomic E-state index is 0.0259. The van der Waals surface area contributed by atoms with Gasteiger partial charge >= 0.3 is 12.2 Å². The molecule has 6 N–H and O–H groups in total. The van der Waals surface area contributed by atoms with Crippen molar-refractivity contribution in [3.05, 3.63) is 59.7 Å². The molecular weight excluding hydrogens is 588 g/mol. The number of carbonyl (C=O) groups excluding carboxylic acids is 2. The number of rotatable bonds is 18. The third kappa shape index (κ3) is 13.5. The highest BCUT2D eigenvalue weighted by Gasteiger charge is 2.27. The van der Waals surface area contributed by atoms with Crippen LogP contribution in [-0.4, -0.2) is 135 Å². The van der Waals surface area contributed by atoms with Crippen molar-refractivity contribution < 1.29 is 58.1 Å². The lowest BCUT2D eigenvalue weighted by Gasteiger charge is -2.30. The molecule has 252 valence electrons. The number of hydrogen-bond acceptors (Lipinski definition) is 10. The van der Waals surface area contributed by atoms with E-state index in [1.54, 1.807) is 28.2 Å². The fourth-order valence-corrected chi connectivity index (χ4v) is 4.57. The second-order valence-electron chi connectivity index (χ2n) is 12.3. The van der Waals surface area contributed by atoms with Gasteiger partial charge in [-0.1, -0.05) is 38.1 Å². The first kappa shape index (κ1) is 37.5. The van der Waals surface area contributed by atoms with E-state index in [0.29, 0.717) is 11.5 Å². The summed E-state index contributed by atoms with van der Waals surface area (Å²) in [5, 5.41) is 38.4. The molecule has 0 radical (unpaired) electrons. The van der Waals surface area contributed by atoms with E-state index in [1.165, 1.54) is 0 Å². The van der Waals surface area contributed by atoms with Gasteiger partial charge in [0.25, 0.3) is 0 Å². The molecule has 0 heterocycles. The van der Waals surface area contributed by atoms with E-state index in [1.807, 2.05) is 48.5 Å². The van der Waals surface area contributed by atoms with Crippen LogP contribution in [0.3, 0.4) is 0 Å². The summed E-state index contributed by atoms with van der Waals surface area (Å²) in [5.41, 5.74) is 6.96. The molecule has 0 saturated heterocycles. The average Bonchev–Trinajstić information content (AvgIpc) is 2.96. The van der Waals surface area contributed by atoms with Crippen molar-refractivity contribution in [3.8, 4) is 11.5 Å². The first-order chi connectivity index (χ1) is 21.1. The minimum Gasteiger partial charge on any atom is -0.491 e. The molecule has 0 spiro atoms. The van der Waals surface area contributed by atoms with Crippen LogP contribution in [-0.2, 0) is 14.9 Å². The topological polar surface area (TPSA) is 176 Å². The van der Waals surface area contributed by atoms with Gasteiger partial charge in [-0.15, -0.1) is 0 Å². The number of amides is 2. The molecule has 2 unspecified atom stereocenters. The Bertz CT molecular complexity index is 1100. The van der Waals surface area contributed by atoms with Crippen molar-refractivity contribution in [1.82, 2.24) is 10.9 Å². The van der Waals surface area contributed by atoms with Gasteiger partial charge in [-0.05, 0) is 35.4 Å². The van der Waals surface area contributed by atoms with Crippen molar-refractivity contribution in [3.63, 3.8) is 0 Å². The van der Waals surface area contributed by atoms with Crippen LogP contribution in [0.25, 0.3) is 0 Å². The van der Waals surface area contributed by atoms with Crippen LogP contribution < -0.4 is 20.3 Å². The molecule has 0 saturated carbocycles. The maximum Gasteiger partial charge on any atom is 0.451 e. The highest BCUT2D eigenvalue weighted by Crippen LogP contribution is 2.33.